The molecule has 0 bridgehead atoms. The molecule has 1 aliphatic rings. The topological polar surface area (TPSA) is 30.5 Å². The minimum absolute atomic E-state index is 0.514. The molecule has 0 heterocycles. The van der Waals surface area contributed by atoms with E-state index in [1.54, 1.807) is 7.11 Å². The summed E-state index contributed by atoms with van der Waals surface area (Å²) >= 11 is 0. The molecule has 1 aromatic rings. The molecule has 3 nitrogen and oxygen atoms in total. The Morgan fingerprint density at radius 3 is 2.72 bits per heavy atom. The fourth-order valence-electron chi connectivity index (χ4n) is 2.23. The lowest BCUT2D eigenvalue weighted by atomic mass is 10.1. The average molecular weight is 249 g/mol. The van der Waals surface area contributed by atoms with Gasteiger partial charge in [-0.3, -0.25) is 0 Å². The van der Waals surface area contributed by atoms with E-state index in [1.807, 2.05) is 19.1 Å². The number of ether oxygens (including phenoxy) is 2. The Hall–Kier alpha value is -1.38. The van der Waals surface area contributed by atoms with E-state index in [-0.39, 0.29) is 0 Å². The van der Waals surface area contributed by atoms with Crippen molar-refractivity contribution in [3.05, 3.63) is 18.2 Å². The largest absolute Gasteiger partial charge is 0.493 e. The van der Waals surface area contributed by atoms with Gasteiger partial charge in [-0.2, -0.15) is 0 Å². The summed E-state index contributed by atoms with van der Waals surface area (Å²) in [5, 5.41) is 3.52. The SMILES string of the molecule is CCOc1ccc(NC(C)CC2CC2)cc1OC. The fraction of sp³-hybridized carbons (Fsp3) is 0.600. The van der Waals surface area contributed by atoms with E-state index < -0.39 is 0 Å². The number of benzene rings is 1. The number of nitrogens with one attached hydrogen (secondary N) is 1. The minimum atomic E-state index is 0.514. The van der Waals surface area contributed by atoms with E-state index in [0.717, 1.165) is 23.1 Å². The fourth-order valence-corrected chi connectivity index (χ4v) is 2.23. The third-order valence-corrected chi connectivity index (χ3v) is 3.26. The smallest absolute Gasteiger partial charge is 0.162 e. The molecule has 1 unspecified atom stereocenters. The zero-order valence-electron chi connectivity index (χ0n) is 11.5. The molecular formula is C15H23NO2. The van der Waals surface area contributed by atoms with Crippen LogP contribution in [0.4, 0.5) is 5.69 Å². The first-order valence-electron chi connectivity index (χ1n) is 6.80. The number of hydrogen-bond acceptors (Lipinski definition) is 3. The summed E-state index contributed by atoms with van der Waals surface area (Å²) in [4.78, 5) is 0. The summed E-state index contributed by atoms with van der Waals surface area (Å²) in [5.41, 5.74) is 1.10. The molecule has 0 amide bonds. The zero-order chi connectivity index (χ0) is 13.0. The normalized spacial score (nSPS) is 16.2. The third kappa shape index (κ3) is 3.56. The molecule has 0 aliphatic heterocycles. The van der Waals surface area contributed by atoms with Crippen LogP contribution in [0.1, 0.15) is 33.1 Å². The molecule has 0 radical (unpaired) electrons. The zero-order valence-corrected chi connectivity index (χ0v) is 11.5. The molecule has 3 heteroatoms. The van der Waals surface area contributed by atoms with Crippen LogP contribution in [0.2, 0.25) is 0 Å². The molecule has 1 atom stereocenters. The van der Waals surface area contributed by atoms with Gasteiger partial charge in [0.15, 0.2) is 11.5 Å². The van der Waals surface area contributed by atoms with Crippen molar-refractivity contribution in [1.29, 1.82) is 0 Å². The van der Waals surface area contributed by atoms with Gasteiger partial charge in [0.05, 0.1) is 13.7 Å². The van der Waals surface area contributed by atoms with Crippen LogP contribution in [0.15, 0.2) is 18.2 Å². The summed E-state index contributed by atoms with van der Waals surface area (Å²) in [7, 11) is 1.68. The Kier molecular flexibility index (Phi) is 4.34. The van der Waals surface area contributed by atoms with Crippen LogP contribution >= 0.6 is 0 Å². The molecule has 1 aliphatic carbocycles. The number of hydrogen-bond donors (Lipinski definition) is 1. The van der Waals surface area contributed by atoms with Crippen LogP contribution in [-0.2, 0) is 0 Å². The van der Waals surface area contributed by atoms with Crippen molar-refractivity contribution in [1.82, 2.24) is 0 Å². The highest BCUT2D eigenvalue weighted by Gasteiger charge is 2.23. The number of methoxy groups -OCH3 is 1. The molecule has 1 fully saturated rings. The van der Waals surface area contributed by atoms with E-state index in [2.05, 4.69) is 18.3 Å². The molecule has 18 heavy (non-hydrogen) atoms. The molecule has 1 aromatic carbocycles. The van der Waals surface area contributed by atoms with Gasteiger partial charge in [0.25, 0.3) is 0 Å². The Bertz CT molecular complexity index is 388. The van der Waals surface area contributed by atoms with Crippen LogP contribution in [0.25, 0.3) is 0 Å². The number of rotatable bonds is 7. The van der Waals surface area contributed by atoms with Gasteiger partial charge in [-0.1, -0.05) is 12.8 Å². The predicted molar refractivity (Wildman–Crippen MR) is 74.6 cm³/mol. The highest BCUT2D eigenvalue weighted by atomic mass is 16.5. The quantitative estimate of drug-likeness (QED) is 0.799. The summed E-state index contributed by atoms with van der Waals surface area (Å²) in [6.45, 7) is 4.87. The lowest BCUT2D eigenvalue weighted by molar-refractivity contribution is 0.311. The third-order valence-electron chi connectivity index (χ3n) is 3.26. The van der Waals surface area contributed by atoms with E-state index in [0.29, 0.717) is 12.6 Å². The van der Waals surface area contributed by atoms with Crippen molar-refractivity contribution in [3.8, 4) is 11.5 Å². The molecule has 0 aromatic heterocycles. The summed E-state index contributed by atoms with van der Waals surface area (Å²) < 4.78 is 10.9. The molecule has 0 saturated heterocycles. The lowest BCUT2D eigenvalue weighted by Crippen LogP contribution is -2.15. The summed E-state index contributed by atoms with van der Waals surface area (Å²) in [6, 6.07) is 6.54. The molecule has 1 saturated carbocycles. The van der Waals surface area contributed by atoms with Gasteiger partial charge in [-0.25, -0.2) is 0 Å². The molecule has 2 rings (SSSR count). The monoisotopic (exact) mass is 249 g/mol. The van der Waals surface area contributed by atoms with Gasteiger partial charge < -0.3 is 14.8 Å². The van der Waals surface area contributed by atoms with Gasteiger partial charge in [0.1, 0.15) is 0 Å². The maximum Gasteiger partial charge on any atom is 0.162 e. The first-order valence-corrected chi connectivity index (χ1v) is 6.80. The molecule has 1 N–H and O–H groups in total. The van der Waals surface area contributed by atoms with Crippen molar-refractivity contribution >= 4 is 5.69 Å². The van der Waals surface area contributed by atoms with Gasteiger partial charge in [-0.15, -0.1) is 0 Å². The highest BCUT2D eigenvalue weighted by Crippen LogP contribution is 2.35. The van der Waals surface area contributed by atoms with Crippen LogP contribution in [0, 0.1) is 5.92 Å². The van der Waals surface area contributed by atoms with Crippen LogP contribution in [0.5, 0.6) is 11.5 Å². The Balaban J connectivity index is 1.98. The van der Waals surface area contributed by atoms with Gasteiger partial charge >= 0.3 is 0 Å². The van der Waals surface area contributed by atoms with Crippen molar-refractivity contribution in [2.75, 3.05) is 19.0 Å². The average Bonchev–Trinajstić information content (AvgIpc) is 3.15. The minimum Gasteiger partial charge on any atom is -0.493 e. The van der Waals surface area contributed by atoms with Gasteiger partial charge in [-0.05, 0) is 38.3 Å². The Morgan fingerprint density at radius 1 is 1.33 bits per heavy atom. The van der Waals surface area contributed by atoms with Crippen molar-refractivity contribution in [2.24, 2.45) is 5.92 Å². The van der Waals surface area contributed by atoms with Gasteiger partial charge in [0.2, 0.25) is 0 Å². The maximum absolute atomic E-state index is 5.51. The van der Waals surface area contributed by atoms with E-state index in [1.165, 1.54) is 19.3 Å². The molecule has 0 spiro atoms. The van der Waals surface area contributed by atoms with Gasteiger partial charge in [0, 0.05) is 17.8 Å². The van der Waals surface area contributed by atoms with Crippen LogP contribution < -0.4 is 14.8 Å². The van der Waals surface area contributed by atoms with E-state index in [4.69, 9.17) is 9.47 Å². The van der Waals surface area contributed by atoms with E-state index in [9.17, 15) is 0 Å². The van der Waals surface area contributed by atoms with Crippen molar-refractivity contribution in [3.63, 3.8) is 0 Å². The Labute approximate surface area is 109 Å². The second-order valence-corrected chi connectivity index (χ2v) is 5.02. The van der Waals surface area contributed by atoms with Crippen molar-refractivity contribution in [2.45, 2.75) is 39.2 Å². The molecule has 100 valence electrons. The second-order valence-electron chi connectivity index (χ2n) is 5.02. The maximum atomic E-state index is 5.51. The predicted octanol–water partition coefficient (Wildman–Crippen LogP) is 3.69. The summed E-state index contributed by atoms with van der Waals surface area (Å²) in [5.74, 6) is 2.54. The highest BCUT2D eigenvalue weighted by molar-refractivity contribution is 5.55. The second kappa shape index (κ2) is 5.98. The first kappa shape index (κ1) is 13.1. The van der Waals surface area contributed by atoms with Crippen molar-refractivity contribution < 1.29 is 9.47 Å². The standard InChI is InChI=1S/C15H23NO2/c1-4-18-14-8-7-13(10-15(14)17-3)16-11(2)9-12-5-6-12/h7-8,10-12,16H,4-6,9H2,1-3H3. The van der Waals surface area contributed by atoms with Crippen LogP contribution in [0.3, 0.4) is 0 Å². The van der Waals surface area contributed by atoms with Crippen LogP contribution in [-0.4, -0.2) is 19.8 Å². The first-order chi connectivity index (χ1) is 8.72. The lowest BCUT2D eigenvalue weighted by Gasteiger charge is -2.17. The number of anilines is 1. The summed E-state index contributed by atoms with van der Waals surface area (Å²) in [6.07, 6.45) is 4.06. The van der Waals surface area contributed by atoms with E-state index >= 15 is 0 Å². The molecular weight excluding hydrogens is 226 g/mol. The Morgan fingerprint density at radius 2 is 2.11 bits per heavy atom.